The Labute approximate surface area is 263 Å². The maximum atomic E-state index is 14.6. The minimum absolute atomic E-state index is 0.0415. The normalized spacial score (nSPS) is 14.2. The van der Waals surface area contributed by atoms with Crippen LogP contribution in [0, 0.1) is 11.6 Å². The lowest BCUT2D eigenvalue weighted by Crippen LogP contribution is -2.49. The number of Topliss-reactive ketones (excluding diaryl/α,β-unsaturated/α-hetero) is 1. The van der Waals surface area contributed by atoms with Crippen molar-refractivity contribution in [3.63, 3.8) is 0 Å². The molecule has 0 aliphatic carbocycles. The summed E-state index contributed by atoms with van der Waals surface area (Å²) < 4.78 is 57.5. The van der Waals surface area contributed by atoms with E-state index < -0.39 is 33.3 Å². The van der Waals surface area contributed by atoms with Crippen LogP contribution >= 0.6 is 0 Å². The van der Waals surface area contributed by atoms with Crippen molar-refractivity contribution in [1.82, 2.24) is 14.8 Å². The van der Waals surface area contributed by atoms with Gasteiger partial charge in [-0.1, -0.05) is 38.5 Å². The number of nitrogens with zero attached hydrogens (tertiary/aromatic N) is 3. The number of benzene rings is 2. The number of sulfone groups is 1. The van der Waals surface area contributed by atoms with Gasteiger partial charge in [0.1, 0.15) is 17.4 Å². The average molecular weight is 643 g/mol. The van der Waals surface area contributed by atoms with Crippen molar-refractivity contribution in [2.45, 2.75) is 64.3 Å². The van der Waals surface area contributed by atoms with Gasteiger partial charge in [0.2, 0.25) is 5.88 Å². The molecule has 0 spiro atoms. The van der Waals surface area contributed by atoms with Gasteiger partial charge in [0.05, 0.1) is 17.0 Å². The highest BCUT2D eigenvalue weighted by Gasteiger charge is 2.28. The zero-order chi connectivity index (χ0) is 32.6. The first-order valence-electron chi connectivity index (χ1n) is 15.2. The van der Waals surface area contributed by atoms with Gasteiger partial charge in [-0.15, -0.1) is 0 Å². The Morgan fingerprint density at radius 3 is 2.31 bits per heavy atom. The van der Waals surface area contributed by atoms with Gasteiger partial charge in [0, 0.05) is 63.2 Å². The van der Waals surface area contributed by atoms with Crippen molar-refractivity contribution in [2.24, 2.45) is 0 Å². The van der Waals surface area contributed by atoms with Crippen LogP contribution in [0.4, 0.5) is 19.3 Å². The second-order valence-electron chi connectivity index (χ2n) is 11.4. The van der Waals surface area contributed by atoms with Gasteiger partial charge in [-0.25, -0.2) is 27.0 Å². The molecule has 2 amide bonds. The molecule has 1 aliphatic rings. The van der Waals surface area contributed by atoms with E-state index in [1.54, 1.807) is 24.0 Å². The molecule has 1 N–H and O–H groups in total. The van der Waals surface area contributed by atoms with E-state index in [-0.39, 0.29) is 29.5 Å². The molecule has 1 fully saturated rings. The summed E-state index contributed by atoms with van der Waals surface area (Å²) in [7, 11) is -3.14. The Bertz CT molecular complexity index is 1580. The fraction of sp³-hybridized carbons (Fsp3) is 0.424. The molecule has 45 heavy (non-hydrogen) atoms. The number of hydrogen-bond acceptors (Lipinski definition) is 7. The van der Waals surface area contributed by atoms with Gasteiger partial charge < -0.3 is 15.0 Å². The Balaban J connectivity index is 1.32. The smallest absolute Gasteiger partial charge is 0.322 e. The predicted molar refractivity (Wildman–Crippen MR) is 169 cm³/mol. The van der Waals surface area contributed by atoms with Crippen LogP contribution in [0.1, 0.15) is 67.4 Å². The van der Waals surface area contributed by atoms with Crippen LogP contribution in [-0.2, 0) is 22.1 Å². The van der Waals surface area contributed by atoms with Crippen LogP contribution < -0.4 is 10.1 Å². The summed E-state index contributed by atoms with van der Waals surface area (Å²) in [6.45, 7) is 6.39. The topological polar surface area (TPSA) is 109 Å². The number of hydrogen-bond donors (Lipinski definition) is 1. The van der Waals surface area contributed by atoms with E-state index in [1.807, 2.05) is 31.2 Å². The fourth-order valence-corrected chi connectivity index (χ4v) is 6.08. The van der Waals surface area contributed by atoms with Crippen LogP contribution in [0.3, 0.4) is 0 Å². The highest BCUT2D eigenvalue weighted by molar-refractivity contribution is 7.89. The highest BCUT2D eigenvalue weighted by Crippen LogP contribution is 2.25. The number of pyridine rings is 1. The molecule has 1 aromatic heterocycles. The maximum Gasteiger partial charge on any atom is 0.322 e. The third-order valence-corrected chi connectivity index (χ3v) is 8.57. The van der Waals surface area contributed by atoms with Crippen molar-refractivity contribution in [2.75, 3.05) is 31.2 Å². The number of anilines is 1. The molecule has 0 saturated carbocycles. The number of carbonyl (C=O) groups excluding carboxylic acids is 2. The summed E-state index contributed by atoms with van der Waals surface area (Å²) in [6.07, 6.45) is 5.89. The number of amides is 2. The summed E-state index contributed by atoms with van der Waals surface area (Å²) in [6, 6.07) is 12.2. The van der Waals surface area contributed by atoms with Crippen molar-refractivity contribution in [1.29, 1.82) is 0 Å². The summed E-state index contributed by atoms with van der Waals surface area (Å²) in [4.78, 5) is 33.7. The van der Waals surface area contributed by atoms with Gasteiger partial charge >= 0.3 is 6.03 Å². The fourth-order valence-electron chi connectivity index (χ4n) is 5.30. The molecule has 0 unspecified atom stereocenters. The van der Waals surface area contributed by atoms with E-state index in [2.05, 4.69) is 15.2 Å². The number of ether oxygens (including phenoxy) is 1. The number of nitrogens with one attached hydrogen (secondary N) is 1. The van der Waals surface area contributed by atoms with Gasteiger partial charge in [-0.3, -0.25) is 9.69 Å². The molecule has 2 heterocycles. The number of carbonyl (C=O) groups is 2. The van der Waals surface area contributed by atoms with Crippen molar-refractivity contribution >= 4 is 27.3 Å². The Morgan fingerprint density at radius 2 is 1.71 bits per heavy atom. The number of piperidine rings is 1. The zero-order valence-electron chi connectivity index (χ0n) is 25.9. The number of likely N-dealkylation sites (tertiary alicyclic amines) is 1. The molecular formula is C33H40F2N4O5S. The minimum atomic E-state index is -3.14. The van der Waals surface area contributed by atoms with Gasteiger partial charge in [0.25, 0.3) is 0 Å². The van der Waals surface area contributed by atoms with Crippen LogP contribution in [-0.4, -0.2) is 66.9 Å². The first-order chi connectivity index (χ1) is 21.5. The lowest BCUT2D eigenvalue weighted by molar-refractivity contribution is 0.0984. The van der Waals surface area contributed by atoms with Crippen LogP contribution in [0.2, 0.25) is 0 Å². The molecule has 2 aromatic carbocycles. The second kappa shape index (κ2) is 15.4. The Kier molecular flexibility index (Phi) is 11.6. The van der Waals surface area contributed by atoms with Crippen molar-refractivity contribution < 1.29 is 31.5 Å². The first-order valence-corrected chi connectivity index (χ1v) is 17.2. The van der Waals surface area contributed by atoms with Gasteiger partial charge in [0.15, 0.2) is 15.6 Å². The molecule has 3 aromatic rings. The Hall–Kier alpha value is -3.90. The maximum absolute atomic E-state index is 14.6. The number of rotatable bonds is 13. The Morgan fingerprint density at radius 1 is 1.02 bits per heavy atom. The first kappa shape index (κ1) is 34.0. The molecular weight excluding hydrogens is 602 g/mol. The van der Waals surface area contributed by atoms with Crippen LogP contribution in [0.5, 0.6) is 11.6 Å². The minimum Gasteiger partial charge on any atom is -0.439 e. The second-order valence-corrected chi connectivity index (χ2v) is 13.5. The molecule has 9 nitrogen and oxygen atoms in total. The summed E-state index contributed by atoms with van der Waals surface area (Å²) >= 11 is 0. The van der Waals surface area contributed by atoms with E-state index in [1.165, 1.54) is 12.5 Å². The van der Waals surface area contributed by atoms with Crippen LogP contribution in [0.15, 0.2) is 54.7 Å². The standard InChI is InChI=1S/C33H40F2N4O5S/c1-4-6-15-39(33(41)37-30-18-27(31(40)5-2)28(34)19-29(30)35)25-13-16-38(17-14-25)21-23-7-10-26(11-8-23)44-32-12-9-24(20-36-32)22-45(3,42)43/h7-12,18-20,25H,4-6,13-17,21-22H2,1-3H3,(H,37,41). The molecule has 4 rings (SSSR count). The largest absolute Gasteiger partial charge is 0.439 e. The predicted octanol–water partition coefficient (Wildman–Crippen LogP) is 6.59. The van der Waals surface area contributed by atoms with E-state index >= 15 is 0 Å². The molecule has 1 aliphatic heterocycles. The lowest BCUT2D eigenvalue weighted by atomic mass is 10.0. The molecule has 1 saturated heterocycles. The SMILES string of the molecule is CCCCN(C(=O)Nc1cc(C(=O)CC)c(F)cc1F)C1CCN(Cc2ccc(Oc3ccc(CS(C)(=O)=O)cn3)cc2)CC1. The molecule has 0 bridgehead atoms. The summed E-state index contributed by atoms with van der Waals surface area (Å²) in [5.41, 5.74) is 1.25. The zero-order valence-corrected chi connectivity index (χ0v) is 26.7. The molecule has 242 valence electrons. The quantitative estimate of drug-likeness (QED) is 0.210. The van der Waals surface area contributed by atoms with E-state index in [4.69, 9.17) is 4.74 Å². The van der Waals surface area contributed by atoms with Crippen molar-refractivity contribution in [3.05, 3.63) is 83.1 Å². The van der Waals surface area contributed by atoms with Gasteiger partial charge in [-0.2, -0.15) is 0 Å². The average Bonchev–Trinajstić information content (AvgIpc) is 3.00. The number of urea groups is 1. The van der Waals surface area contributed by atoms with E-state index in [9.17, 15) is 26.8 Å². The number of unbranched alkanes of at least 4 members (excludes halogenated alkanes) is 1. The number of ketones is 1. The summed E-state index contributed by atoms with van der Waals surface area (Å²) in [5, 5.41) is 2.59. The van der Waals surface area contributed by atoms with Gasteiger partial charge in [-0.05, 0) is 48.6 Å². The number of aromatic nitrogens is 1. The number of halogens is 2. The van der Waals surface area contributed by atoms with Crippen molar-refractivity contribution in [3.8, 4) is 11.6 Å². The third kappa shape index (κ3) is 9.79. The summed E-state index contributed by atoms with van der Waals surface area (Å²) in [5.74, 6) is -1.41. The van der Waals surface area contributed by atoms with Crippen LogP contribution in [0.25, 0.3) is 0 Å². The highest BCUT2D eigenvalue weighted by atomic mass is 32.2. The molecule has 0 atom stereocenters. The van der Waals surface area contributed by atoms with E-state index in [0.29, 0.717) is 29.8 Å². The van der Waals surface area contributed by atoms with E-state index in [0.717, 1.165) is 56.9 Å². The lowest BCUT2D eigenvalue weighted by Gasteiger charge is -2.38. The third-order valence-electron chi connectivity index (χ3n) is 7.71. The molecule has 12 heteroatoms. The monoisotopic (exact) mass is 642 g/mol. The molecule has 0 radical (unpaired) electrons.